The van der Waals surface area contributed by atoms with Crippen LogP contribution in [0, 0.1) is 6.92 Å². The number of carbonyl (C=O) groups is 2. The Kier molecular flexibility index (Phi) is 7.94. The lowest BCUT2D eigenvalue weighted by atomic mass is 9.51. The third-order valence-electron chi connectivity index (χ3n) is 11.3. The van der Waals surface area contributed by atoms with Gasteiger partial charge in [-0.1, -0.05) is 0 Å². The van der Waals surface area contributed by atoms with Crippen molar-refractivity contribution in [3.05, 3.63) is 81.4 Å². The Labute approximate surface area is 326 Å². The number of ketones is 2. The number of ether oxygens (including phenoxy) is 6. The zero-order chi connectivity index (χ0) is 41.1. The Balaban J connectivity index is 1.50. The summed E-state index contributed by atoms with van der Waals surface area (Å²) in [6.45, 7) is 7.33. The molecule has 0 aromatic heterocycles. The maximum Gasteiger partial charge on any atom is 0.202 e. The van der Waals surface area contributed by atoms with Crippen LogP contribution in [-0.4, -0.2) is 80.8 Å². The van der Waals surface area contributed by atoms with Gasteiger partial charge in [-0.25, -0.2) is 0 Å². The minimum absolute atomic E-state index is 0.0654. The number of benzene rings is 4. The first-order valence-corrected chi connectivity index (χ1v) is 17.9. The van der Waals surface area contributed by atoms with Crippen molar-refractivity contribution in [2.45, 2.75) is 56.7 Å². The number of fused-ring (bicyclic) bond motifs is 6. The summed E-state index contributed by atoms with van der Waals surface area (Å²) in [4.78, 5) is 31.9. The van der Waals surface area contributed by atoms with Crippen LogP contribution in [0.25, 0.3) is 12.2 Å². The van der Waals surface area contributed by atoms with Crippen molar-refractivity contribution in [3.63, 3.8) is 0 Å². The van der Waals surface area contributed by atoms with Crippen LogP contribution in [0.2, 0.25) is 0 Å². The SMILES string of the molecule is COc1c(O)cc([C@@]2([C@]3(c4cc(O)c(OC)c(O)c4)COc4c5c(c(C)c(O)c4C3=O)OC(C)(C)C=C5)COc3c4c(cc(O)c3C2=O)OC(C)(C)C=C4)cc1O. The Morgan fingerprint density at radius 3 is 1.51 bits per heavy atom. The summed E-state index contributed by atoms with van der Waals surface area (Å²) in [6, 6.07) is 5.68. The fourth-order valence-corrected chi connectivity index (χ4v) is 8.50. The number of carbonyl (C=O) groups excluding carboxylic acids is 2. The molecule has 4 aliphatic rings. The molecule has 0 aliphatic carbocycles. The van der Waals surface area contributed by atoms with E-state index in [1.165, 1.54) is 20.3 Å². The normalized spacial score (nSPS) is 22.1. The quantitative estimate of drug-likeness (QED) is 0.131. The fourth-order valence-electron chi connectivity index (χ4n) is 8.50. The minimum atomic E-state index is -2.45. The average molecular weight is 781 g/mol. The molecule has 2 atom stereocenters. The fraction of sp³-hybridized carbons (Fsp3) is 0.302. The molecule has 0 radical (unpaired) electrons. The molecule has 0 amide bonds. The number of hydrogen-bond donors (Lipinski definition) is 6. The van der Waals surface area contributed by atoms with Crippen LogP contribution >= 0.6 is 0 Å². The van der Waals surface area contributed by atoms with Gasteiger partial charge in [-0.2, -0.15) is 0 Å². The van der Waals surface area contributed by atoms with Crippen LogP contribution in [0.5, 0.6) is 69.0 Å². The number of rotatable bonds is 5. The molecule has 57 heavy (non-hydrogen) atoms. The lowest BCUT2D eigenvalue weighted by Crippen LogP contribution is -2.66. The lowest BCUT2D eigenvalue weighted by Gasteiger charge is -2.52. The van der Waals surface area contributed by atoms with Gasteiger partial charge in [0.25, 0.3) is 0 Å². The van der Waals surface area contributed by atoms with Gasteiger partial charge in [-0.15, -0.1) is 0 Å². The highest BCUT2D eigenvalue weighted by Gasteiger charge is 2.68. The Bertz CT molecular complexity index is 2480. The van der Waals surface area contributed by atoms with E-state index in [0.29, 0.717) is 11.1 Å². The molecule has 0 spiro atoms. The van der Waals surface area contributed by atoms with Crippen molar-refractivity contribution in [3.8, 4) is 69.0 Å². The Morgan fingerprint density at radius 1 is 0.579 bits per heavy atom. The van der Waals surface area contributed by atoms with Gasteiger partial charge in [0.1, 0.15) is 80.9 Å². The Hall–Kier alpha value is -6.70. The van der Waals surface area contributed by atoms with Gasteiger partial charge in [0, 0.05) is 11.6 Å². The zero-order valence-electron chi connectivity index (χ0n) is 32.1. The maximum atomic E-state index is 16.0. The second kappa shape index (κ2) is 12.1. The summed E-state index contributed by atoms with van der Waals surface area (Å²) in [6.07, 6.45) is 6.88. The molecule has 4 aromatic rings. The molecule has 14 nitrogen and oxygen atoms in total. The van der Waals surface area contributed by atoms with E-state index >= 15 is 9.59 Å². The van der Waals surface area contributed by atoms with E-state index in [1.807, 2.05) is 13.8 Å². The first kappa shape index (κ1) is 37.2. The first-order valence-electron chi connectivity index (χ1n) is 17.9. The Morgan fingerprint density at radius 2 is 1.02 bits per heavy atom. The second-order valence-electron chi connectivity index (χ2n) is 15.7. The van der Waals surface area contributed by atoms with Crippen LogP contribution in [0.15, 0.2) is 42.5 Å². The molecule has 0 saturated heterocycles. The van der Waals surface area contributed by atoms with Gasteiger partial charge in [-0.3, -0.25) is 9.59 Å². The van der Waals surface area contributed by atoms with E-state index in [0.717, 1.165) is 24.3 Å². The molecule has 14 heteroatoms. The molecule has 8 rings (SSSR count). The predicted molar refractivity (Wildman–Crippen MR) is 204 cm³/mol. The molecule has 4 aliphatic heterocycles. The molecule has 0 unspecified atom stereocenters. The highest BCUT2D eigenvalue weighted by Crippen LogP contribution is 2.61. The van der Waals surface area contributed by atoms with E-state index in [1.54, 1.807) is 45.1 Å². The predicted octanol–water partition coefficient (Wildman–Crippen LogP) is 6.34. The first-order chi connectivity index (χ1) is 26.8. The van der Waals surface area contributed by atoms with E-state index in [2.05, 4.69) is 0 Å². The summed E-state index contributed by atoms with van der Waals surface area (Å²) >= 11 is 0. The molecule has 296 valence electrons. The van der Waals surface area contributed by atoms with Crippen LogP contribution in [0.3, 0.4) is 0 Å². The molecule has 0 fully saturated rings. The van der Waals surface area contributed by atoms with Crippen molar-refractivity contribution < 1.29 is 68.6 Å². The lowest BCUT2D eigenvalue weighted by molar-refractivity contribution is 0.0331. The monoisotopic (exact) mass is 780 g/mol. The number of hydrogen-bond acceptors (Lipinski definition) is 14. The molecule has 6 N–H and O–H groups in total. The summed E-state index contributed by atoms with van der Waals surface area (Å²) in [7, 11) is 2.41. The van der Waals surface area contributed by atoms with Crippen molar-refractivity contribution in [1.29, 1.82) is 0 Å². The highest BCUT2D eigenvalue weighted by atomic mass is 16.5. The summed E-state index contributed by atoms with van der Waals surface area (Å²) < 4.78 is 35.7. The van der Waals surface area contributed by atoms with Crippen LogP contribution in [0.1, 0.15) is 76.2 Å². The van der Waals surface area contributed by atoms with E-state index in [9.17, 15) is 30.6 Å². The molecule has 4 aromatic carbocycles. The largest absolute Gasteiger partial charge is 0.507 e. The molecule has 4 heterocycles. The standard InChI is InChI=1S/C43H40O14/c1-19-32(49)31-35(23-9-11-41(4,5)57-33(19)23)55-18-43(39(31)51,21-14-27(47)37(53-7)28(48)15-21)42(20-12-25(45)36(52-6)26(46)13-20)17-54-34-22-8-10-40(2,3)56-29(22)16-24(44)30(34)38(42)50/h8-16,44-49H,17-18H2,1-7H3/t42-,43-/m0/s1. The van der Waals surface area contributed by atoms with Gasteiger partial charge >= 0.3 is 0 Å². The number of phenols is 6. The second-order valence-corrected chi connectivity index (χ2v) is 15.7. The third kappa shape index (κ3) is 5.02. The topological polar surface area (TPSA) is 211 Å². The van der Waals surface area contributed by atoms with Crippen molar-refractivity contribution in [2.24, 2.45) is 0 Å². The van der Waals surface area contributed by atoms with Crippen LogP contribution in [0.4, 0.5) is 0 Å². The van der Waals surface area contributed by atoms with Crippen molar-refractivity contribution in [1.82, 2.24) is 0 Å². The summed E-state index contributed by atoms with van der Waals surface area (Å²) in [5.74, 6) is -5.86. The molecule has 0 bridgehead atoms. The van der Waals surface area contributed by atoms with Crippen LogP contribution < -0.4 is 28.4 Å². The van der Waals surface area contributed by atoms with Gasteiger partial charge in [0.05, 0.1) is 25.3 Å². The number of methoxy groups -OCH3 is 2. The van der Waals surface area contributed by atoms with Gasteiger partial charge in [0.15, 0.2) is 34.6 Å². The van der Waals surface area contributed by atoms with Crippen molar-refractivity contribution in [2.75, 3.05) is 27.4 Å². The smallest absolute Gasteiger partial charge is 0.202 e. The van der Waals surface area contributed by atoms with E-state index in [4.69, 9.17) is 28.4 Å². The number of phenolic OH excluding ortho intramolecular Hbond substituents is 6. The number of Topliss-reactive ketones (excluding diaryl/α,β-unsaturated/α-hetero) is 2. The van der Waals surface area contributed by atoms with Gasteiger partial charge in [0.2, 0.25) is 11.5 Å². The van der Waals surface area contributed by atoms with Gasteiger partial charge in [-0.05, 0) is 94.3 Å². The summed E-state index contributed by atoms with van der Waals surface area (Å²) in [5.41, 5.74) is -6.78. The molecular formula is C43H40O14. The number of aromatic hydroxyl groups is 6. The van der Waals surface area contributed by atoms with Crippen molar-refractivity contribution >= 4 is 23.7 Å². The zero-order valence-corrected chi connectivity index (χ0v) is 32.1. The average Bonchev–Trinajstić information content (AvgIpc) is 3.13. The molecule has 0 saturated carbocycles. The third-order valence-corrected chi connectivity index (χ3v) is 11.3. The summed E-state index contributed by atoms with van der Waals surface area (Å²) in [5, 5.41) is 68.7. The van der Waals surface area contributed by atoms with Gasteiger partial charge < -0.3 is 59.1 Å². The van der Waals surface area contributed by atoms with E-state index < -0.39 is 81.3 Å². The minimum Gasteiger partial charge on any atom is -0.507 e. The molecular weight excluding hydrogens is 740 g/mol. The highest BCUT2D eigenvalue weighted by molar-refractivity contribution is 6.20. The maximum absolute atomic E-state index is 16.0. The van der Waals surface area contributed by atoms with E-state index in [-0.39, 0.29) is 62.3 Å². The van der Waals surface area contributed by atoms with Crippen LogP contribution in [-0.2, 0) is 10.8 Å².